The Kier molecular flexibility index (Phi) is 5.14. The third kappa shape index (κ3) is 4.08. The van der Waals surface area contributed by atoms with Crippen molar-refractivity contribution in [3.8, 4) is 5.75 Å². The summed E-state index contributed by atoms with van der Waals surface area (Å²) in [5.41, 5.74) is 2.66. The van der Waals surface area contributed by atoms with Gasteiger partial charge in [0.25, 0.3) is 11.5 Å². The van der Waals surface area contributed by atoms with E-state index in [1.165, 1.54) is 6.07 Å². The molecule has 0 radical (unpaired) electrons. The molecule has 33 heavy (non-hydrogen) atoms. The number of ether oxygens (including phenoxy) is 1. The molecule has 0 unspecified atom stereocenters. The molecule has 164 valence electrons. The van der Waals surface area contributed by atoms with Crippen molar-refractivity contribution in [3.63, 3.8) is 0 Å². The van der Waals surface area contributed by atoms with Crippen LogP contribution in [-0.4, -0.2) is 15.5 Å². The number of hydrogen-bond donors (Lipinski definition) is 1. The molecular weight excluding hydrogens is 418 g/mol. The van der Waals surface area contributed by atoms with Crippen LogP contribution in [0.3, 0.4) is 0 Å². The molecule has 0 aliphatic carbocycles. The molecule has 0 saturated heterocycles. The van der Waals surface area contributed by atoms with Gasteiger partial charge in [-0.2, -0.15) is 0 Å². The largest absolute Gasteiger partial charge is 0.485 e. The van der Waals surface area contributed by atoms with E-state index < -0.39 is 0 Å². The van der Waals surface area contributed by atoms with Crippen LogP contribution in [0.5, 0.6) is 5.75 Å². The van der Waals surface area contributed by atoms with Crippen LogP contribution in [-0.2, 0) is 6.61 Å². The van der Waals surface area contributed by atoms with Gasteiger partial charge in [0.05, 0.1) is 11.4 Å². The highest BCUT2D eigenvalue weighted by atomic mass is 16.5. The van der Waals surface area contributed by atoms with Crippen molar-refractivity contribution in [3.05, 3.63) is 106 Å². The van der Waals surface area contributed by atoms with Gasteiger partial charge in [-0.05, 0) is 48.4 Å². The Balaban J connectivity index is 1.41. The Bertz CT molecular complexity index is 1560. The first-order valence-corrected chi connectivity index (χ1v) is 10.5. The molecule has 7 nitrogen and oxygen atoms in total. The third-order valence-corrected chi connectivity index (χ3v) is 5.32. The van der Waals surface area contributed by atoms with Crippen molar-refractivity contribution in [2.45, 2.75) is 20.5 Å². The lowest BCUT2D eigenvalue weighted by Crippen LogP contribution is -2.15. The Morgan fingerprint density at radius 2 is 1.85 bits per heavy atom. The minimum Gasteiger partial charge on any atom is -0.485 e. The lowest BCUT2D eigenvalue weighted by molar-refractivity contribution is 0.102. The van der Waals surface area contributed by atoms with Crippen molar-refractivity contribution in [2.75, 3.05) is 5.32 Å². The van der Waals surface area contributed by atoms with Crippen LogP contribution in [0.1, 0.15) is 27.4 Å². The maximum absolute atomic E-state index is 13.1. The van der Waals surface area contributed by atoms with Gasteiger partial charge in [-0.25, -0.2) is 4.98 Å². The third-order valence-electron chi connectivity index (χ3n) is 5.32. The molecule has 7 heteroatoms. The van der Waals surface area contributed by atoms with Gasteiger partial charge in [0.1, 0.15) is 18.1 Å². The zero-order chi connectivity index (χ0) is 22.9. The van der Waals surface area contributed by atoms with Crippen molar-refractivity contribution in [1.29, 1.82) is 0 Å². The number of aromatic nitrogens is 2. The Morgan fingerprint density at radius 3 is 2.73 bits per heavy atom. The average molecular weight is 439 g/mol. The molecule has 2 heterocycles. The number of nitrogens with zero attached hydrogens (tertiary/aromatic N) is 2. The number of rotatable bonds is 5. The van der Waals surface area contributed by atoms with Crippen LogP contribution in [0, 0.1) is 13.8 Å². The Morgan fingerprint density at radius 1 is 1.03 bits per heavy atom. The fraction of sp³-hybridized carbons (Fsp3) is 0.115. The number of anilines is 1. The molecule has 1 amide bonds. The summed E-state index contributed by atoms with van der Waals surface area (Å²) >= 11 is 0. The maximum Gasteiger partial charge on any atom is 0.287 e. The molecule has 0 spiro atoms. The van der Waals surface area contributed by atoms with Gasteiger partial charge in [-0.1, -0.05) is 42.5 Å². The van der Waals surface area contributed by atoms with Gasteiger partial charge < -0.3 is 14.6 Å². The van der Waals surface area contributed by atoms with Crippen LogP contribution in [0.2, 0.25) is 0 Å². The predicted octanol–water partition coefficient (Wildman–Crippen LogP) is 4.89. The second-order valence-corrected chi connectivity index (χ2v) is 7.85. The quantitative estimate of drug-likeness (QED) is 0.421. The van der Waals surface area contributed by atoms with Crippen LogP contribution < -0.4 is 15.6 Å². The average Bonchev–Trinajstić information content (AvgIpc) is 3.19. The predicted molar refractivity (Wildman–Crippen MR) is 126 cm³/mol. The molecule has 0 atom stereocenters. The van der Waals surface area contributed by atoms with Crippen LogP contribution >= 0.6 is 0 Å². The molecule has 3 aromatic carbocycles. The molecule has 5 rings (SSSR count). The highest BCUT2D eigenvalue weighted by Crippen LogP contribution is 2.28. The number of carbonyl (C=O) groups is 1. The fourth-order valence-corrected chi connectivity index (χ4v) is 3.76. The fourth-order valence-electron chi connectivity index (χ4n) is 3.76. The number of hydrogen-bond acceptors (Lipinski definition) is 5. The molecule has 0 fully saturated rings. The summed E-state index contributed by atoms with van der Waals surface area (Å²) in [5, 5.41) is 4.83. The molecule has 2 aromatic heterocycles. The minimum absolute atomic E-state index is 0.0660. The highest BCUT2D eigenvalue weighted by Gasteiger charge is 2.14. The lowest BCUT2D eigenvalue weighted by Gasteiger charge is -2.14. The first-order valence-electron chi connectivity index (χ1n) is 10.5. The first-order chi connectivity index (χ1) is 16.0. The molecule has 1 N–H and O–H groups in total. The van der Waals surface area contributed by atoms with Crippen molar-refractivity contribution in [1.82, 2.24) is 9.56 Å². The monoisotopic (exact) mass is 439 g/mol. The summed E-state index contributed by atoms with van der Waals surface area (Å²) in [6.45, 7) is 3.76. The van der Waals surface area contributed by atoms with Crippen LogP contribution in [0.4, 0.5) is 5.69 Å². The van der Waals surface area contributed by atoms with Gasteiger partial charge in [0.15, 0.2) is 5.65 Å². The van der Waals surface area contributed by atoms with E-state index in [1.54, 1.807) is 25.1 Å². The molecule has 0 saturated carbocycles. The summed E-state index contributed by atoms with van der Waals surface area (Å²) in [7, 11) is 0. The maximum atomic E-state index is 13.1. The molecule has 0 aliphatic heterocycles. The van der Waals surface area contributed by atoms with E-state index in [-0.39, 0.29) is 18.1 Å². The second kappa shape index (κ2) is 8.27. The van der Waals surface area contributed by atoms with Crippen molar-refractivity contribution < 1.29 is 14.1 Å². The molecular formula is C26H21N3O4. The number of amides is 1. The zero-order valence-electron chi connectivity index (χ0n) is 18.2. The molecule has 0 aliphatic rings. The standard InChI is InChI=1S/C26H21N3O4/c1-16-10-11-22(28-26(31)21-9-5-7-18-6-3-4-8-20(18)21)23(12-16)32-15-19-14-25(30)29-24(27-19)13-17(2)33-29/h3-14H,15H2,1-2H3,(H,28,31). The summed E-state index contributed by atoms with van der Waals surface area (Å²) in [6, 6.07) is 22.0. The topological polar surface area (TPSA) is 85.8 Å². The van der Waals surface area contributed by atoms with E-state index >= 15 is 0 Å². The summed E-state index contributed by atoms with van der Waals surface area (Å²) in [4.78, 5) is 29.8. The summed E-state index contributed by atoms with van der Waals surface area (Å²) < 4.78 is 12.4. The van der Waals surface area contributed by atoms with Crippen molar-refractivity contribution in [2.24, 2.45) is 0 Å². The second-order valence-electron chi connectivity index (χ2n) is 7.85. The van der Waals surface area contributed by atoms with Gasteiger partial charge in [-0.15, -0.1) is 4.57 Å². The van der Waals surface area contributed by atoms with E-state index in [2.05, 4.69) is 10.3 Å². The first kappa shape index (κ1) is 20.5. The molecule has 5 aromatic rings. The number of carbonyl (C=O) groups excluding carboxylic acids is 1. The number of benzene rings is 3. The van der Waals surface area contributed by atoms with Gasteiger partial charge >= 0.3 is 0 Å². The zero-order valence-corrected chi connectivity index (χ0v) is 18.2. The van der Waals surface area contributed by atoms with E-state index in [4.69, 9.17) is 9.26 Å². The Hall–Kier alpha value is -4.39. The normalized spacial score (nSPS) is 11.1. The smallest absolute Gasteiger partial charge is 0.287 e. The van der Waals surface area contributed by atoms with Crippen LogP contribution in [0.25, 0.3) is 16.4 Å². The van der Waals surface area contributed by atoms with E-state index in [0.29, 0.717) is 34.1 Å². The molecule has 0 bridgehead atoms. The number of fused-ring (bicyclic) bond motifs is 2. The number of nitrogens with one attached hydrogen (secondary N) is 1. The van der Waals surface area contributed by atoms with E-state index in [0.717, 1.165) is 20.9 Å². The minimum atomic E-state index is -0.319. The van der Waals surface area contributed by atoms with E-state index in [1.807, 2.05) is 55.5 Å². The lowest BCUT2D eigenvalue weighted by atomic mass is 10.0. The Labute approximate surface area is 189 Å². The van der Waals surface area contributed by atoms with Crippen LogP contribution in [0.15, 0.2) is 82.1 Å². The van der Waals surface area contributed by atoms with Crippen molar-refractivity contribution >= 4 is 28.0 Å². The number of aryl methyl sites for hydroxylation is 2. The summed E-state index contributed by atoms with van der Waals surface area (Å²) in [6.07, 6.45) is 0. The SMILES string of the molecule is Cc1ccc(NC(=O)c2cccc3ccccc23)c(OCc2cc(=O)n3oc(C)cc3n2)c1. The van der Waals surface area contributed by atoms with Gasteiger partial charge in [0.2, 0.25) is 0 Å². The summed E-state index contributed by atoms with van der Waals surface area (Å²) in [5.74, 6) is 0.857. The van der Waals surface area contributed by atoms with Gasteiger partial charge in [0, 0.05) is 17.7 Å². The van der Waals surface area contributed by atoms with Gasteiger partial charge in [-0.3, -0.25) is 9.59 Å². The van der Waals surface area contributed by atoms with E-state index in [9.17, 15) is 9.59 Å². The highest BCUT2D eigenvalue weighted by molar-refractivity contribution is 6.13.